The Morgan fingerprint density at radius 3 is 2.21 bits per heavy atom. The topological polar surface area (TPSA) is 87.7 Å². The largest absolute Gasteiger partial charge is 0.457 e. The van der Waals surface area contributed by atoms with Gasteiger partial charge in [-0.1, -0.05) is 53.5 Å². The highest BCUT2D eigenvalue weighted by atomic mass is 35.5. The first-order chi connectivity index (χ1) is 18.8. The number of ether oxygens (including phenoxy) is 1. The molecule has 1 heterocycles. The second-order valence-electron chi connectivity index (χ2n) is 8.62. The fraction of sp³-hybridized carbons (Fsp3) is 0.0333. The van der Waals surface area contributed by atoms with Crippen molar-refractivity contribution in [1.82, 2.24) is 0 Å². The predicted octanol–water partition coefficient (Wildman–Crippen LogP) is 7.13. The van der Waals surface area contributed by atoms with Crippen LogP contribution in [0.1, 0.15) is 15.9 Å². The summed E-state index contributed by atoms with van der Waals surface area (Å²) in [5.74, 6) is -0.304. The van der Waals surface area contributed by atoms with Gasteiger partial charge in [0.1, 0.15) is 22.2 Å². The number of anilines is 3. The Kier molecular flexibility index (Phi) is 7.36. The van der Waals surface area contributed by atoms with E-state index in [1.165, 1.54) is 0 Å². The molecule has 194 valence electrons. The van der Waals surface area contributed by atoms with Crippen LogP contribution in [0.15, 0.2) is 108 Å². The Hall–Kier alpha value is -4.59. The molecule has 1 aliphatic heterocycles. The number of imide groups is 1. The molecule has 0 spiro atoms. The van der Waals surface area contributed by atoms with Gasteiger partial charge in [-0.05, 0) is 79.2 Å². The molecule has 0 aromatic heterocycles. The quantitative estimate of drug-likeness (QED) is 0.236. The lowest BCUT2D eigenvalue weighted by atomic mass is 10.1. The predicted molar refractivity (Wildman–Crippen MR) is 153 cm³/mol. The molecule has 2 N–H and O–H groups in total. The summed E-state index contributed by atoms with van der Waals surface area (Å²) in [6.07, 6.45) is 0. The van der Waals surface area contributed by atoms with Crippen molar-refractivity contribution in [3.63, 3.8) is 0 Å². The van der Waals surface area contributed by atoms with Crippen LogP contribution in [-0.2, 0) is 9.59 Å². The van der Waals surface area contributed by atoms with Crippen molar-refractivity contribution in [2.45, 2.75) is 6.92 Å². The Morgan fingerprint density at radius 2 is 1.46 bits per heavy atom. The van der Waals surface area contributed by atoms with Gasteiger partial charge in [0.05, 0.1) is 5.69 Å². The number of hydrogen-bond donors (Lipinski definition) is 2. The maximum atomic E-state index is 13.2. The van der Waals surface area contributed by atoms with Gasteiger partial charge in [-0.2, -0.15) is 0 Å². The maximum Gasteiger partial charge on any atom is 0.283 e. The van der Waals surface area contributed by atoms with Crippen molar-refractivity contribution in [2.24, 2.45) is 0 Å². The maximum absolute atomic E-state index is 13.2. The van der Waals surface area contributed by atoms with Crippen molar-refractivity contribution in [3.05, 3.63) is 124 Å². The molecule has 3 amide bonds. The molecule has 1 aliphatic rings. The molecule has 0 atom stereocenters. The number of hydrogen-bond acceptors (Lipinski definition) is 5. The molecule has 0 saturated carbocycles. The third-order valence-corrected chi connectivity index (χ3v) is 6.75. The molecule has 0 aliphatic carbocycles. The fourth-order valence-electron chi connectivity index (χ4n) is 3.99. The van der Waals surface area contributed by atoms with Crippen molar-refractivity contribution in [1.29, 1.82) is 0 Å². The minimum atomic E-state index is -0.664. The van der Waals surface area contributed by atoms with E-state index in [-0.39, 0.29) is 16.6 Å². The van der Waals surface area contributed by atoms with Crippen molar-refractivity contribution < 1.29 is 19.1 Å². The van der Waals surface area contributed by atoms with E-state index in [0.29, 0.717) is 44.7 Å². The highest BCUT2D eigenvalue weighted by Gasteiger charge is 2.39. The minimum absolute atomic E-state index is 0.0902. The third-order valence-electron chi connectivity index (χ3n) is 5.99. The molecule has 0 unspecified atom stereocenters. The van der Waals surface area contributed by atoms with Crippen molar-refractivity contribution in [2.75, 3.05) is 15.5 Å². The molecule has 0 fully saturated rings. The Bertz CT molecular complexity index is 1620. The second kappa shape index (κ2) is 11.0. The zero-order chi connectivity index (χ0) is 27.5. The number of amides is 3. The number of nitrogens with zero attached hydrogens (tertiary/aromatic N) is 1. The SMILES string of the molecule is Cc1c(Cl)cccc1N1C(=O)C(Cl)=C(Nc2cccc(C(=O)Nc3ccc(Oc4ccccc4)cc3)c2)C1=O. The number of para-hydroxylation sites is 1. The molecule has 4 aromatic carbocycles. The Morgan fingerprint density at radius 1 is 0.769 bits per heavy atom. The van der Waals surface area contributed by atoms with Crippen LogP contribution in [0, 0.1) is 6.92 Å². The summed E-state index contributed by atoms with van der Waals surface area (Å²) in [6.45, 7) is 1.71. The van der Waals surface area contributed by atoms with Gasteiger partial charge in [-0.15, -0.1) is 0 Å². The summed E-state index contributed by atoms with van der Waals surface area (Å²) in [7, 11) is 0. The molecule has 39 heavy (non-hydrogen) atoms. The molecule has 9 heteroatoms. The molecule has 7 nitrogen and oxygen atoms in total. The number of benzene rings is 4. The standard InChI is InChI=1S/C30H21Cl2N3O4/c1-18-24(31)11-6-12-25(18)35-29(37)26(32)27(30(35)38)33-21-8-5-7-19(17-21)28(36)34-20-13-15-23(16-14-20)39-22-9-3-2-4-10-22/h2-17,33H,1H3,(H,34,36). The van der Waals surface area contributed by atoms with Gasteiger partial charge in [-0.3, -0.25) is 14.4 Å². The first-order valence-electron chi connectivity index (χ1n) is 11.9. The average Bonchev–Trinajstić information content (AvgIpc) is 3.15. The van der Waals surface area contributed by atoms with Gasteiger partial charge >= 0.3 is 0 Å². The van der Waals surface area contributed by atoms with E-state index >= 15 is 0 Å². The highest BCUT2D eigenvalue weighted by molar-refractivity contribution is 6.53. The van der Waals surface area contributed by atoms with Crippen LogP contribution < -0.4 is 20.3 Å². The number of rotatable bonds is 7. The second-order valence-corrected chi connectivity index (χ2v) is 9.40. The first kappa shape index (κ1) is 26.0. The molecule has 0 saturated heterocycles. The van der Waals surface area contributed by atoms with Gasteiger partial charge in [0.2, 0.25) is 0 Å². The first-order valence-corrected chi connectivity index (χ1v) is 12.6. The summed E-state index contributed by atoms with van der Waals surface area (Å²) in [6, 6.07) is 27.8. The summed E-state index contributed by atoms with van der Waals surface area (Å²) < 4.78 is 5.78. The lowest BCUT2D eigenvalue weighted by Crippen LogP contribution is -2.32. The number of halogens is 2. The molecule has 0 radical (unpaired) electrons. The van der Waals surface area contributed by atoms with Crippen molar-refractivity contribution >= 4 is 58.0 Å². The van der Waals surface area contributed by atoms with Crippen LogP contribution in [0.25, 0.3) is 0 Å². The lowest BCUT2D eigenvalue weighted by molar-refractivity contribution is -0.120. The van der Waals surface area contributed by atoms with E-state index in [2.05, 4.69) is 10.6 Å². The van der Waals surface area contributed by atoms with Gasteiger partial charge in [-0.25, -0.2) is 4.90 Å². The zero-order valence-corrected chi connectivity index (χ0v) is 22.1. The van der Waals surface area contributed by atoms with Crippen LogP contribution in [-0.4, -0.2) is 17.7 Å². The van der Waals surface area contributed by atoms with Gasteiger partial charge in [0.15, 0.2) is 0 Å². The number of nitrogens with one attached hydrogen (secondary N) is 2. The van der Waals surface area contributed by atoms with E-state index in [9.17, 15) is 14.4 Å². The van der Waals surface area contributed by atoms with Gasteiger partial charge in [0.25, 0.3) is 17.7 Å². The van der Waals surface area contributed by atoms with Crippen molar-refractivity contribution in [3.8, 4) is 11.5 Å². The highest BCUT2D eigenvalue weighted by Crippen LogP contribution is 2.34. The van der Waals surface area contributed by atoms with Crippen LogP contribution in [0.4, 0.5) is 17.1 Å². The Balaban J connectivity index is 1.28. The smallest absolute Gasteiger partial charge is 0.283 e. The Labute approximate surface area is 234 Å². The third kappa shape index (κ3) is 5.50. The molecule has 0 bridgehead atoms. The molecular weight excluding hydrogens is 537 g/mol. The van der Waals surface area contributed by atoms with E-state index in [1.54, 1.807) is 73.7 Å². The number of carbonyl (C=O) groups is 3. The normalized spacial score (nSPS) is 13.1. The summed E-state index contributed by atoms with van der Waals surface area (Å²) >= 11 is 12.4. The van der Waals surface area contributed by atoms with Crippen LogP contribution in [0.2, 0.25) is 5.02 Å². The fourth-order valence-corrected chi connectivity index (χ4v) is 4.37. The summed E-state index contributed by atoms with van der Waals surface area (Å²) in [5, 5.41) is 5.90. The van der Waals surface area contributed by atoms with E-state index < -0.39 is 11.8 Å². The van der Waals surface area contributed by atoms with Gasteiger partial charge in [0, 0.05) is 22.0 Å². The van der Waals surface area contributed by atoms with Crippen LogP contribution in [0.3, 0.4) is 0 Å². The van der Waals surface area contributed by atoms with Crippen LogP contribution in [0.5, 0.6) is 11.5 Å². The molecule has 4 aromatic rings. The zero-order valence-electron chi connectivity index (χ0n) is 20.6. The summed E-state index contributed by atoms with van der Waals surface area (Å²) in [4.78, 5) is 39.9. The average molecular weight is 558 g/mol. The van der Waals surface area contributed by atoms with E-state index in [4.69, 9.17) is 27.9 Å². The molecular formula is C30H21Cl2N3O4. The summed E-state index contributed by atoms with van der Waals surface area (Å²) in [5.41, 5.74) is 2.15. The number of carbonyl (C=O) groups excluding carboxylic acids is 3. The monoisotopic (exact) mass is 557 g/mol. The van der Waals surface area contributed by atoms with E-state index in [1.807, 2.05) is 30.3 Å². The minimum Gasteiger partial charge on any atom is -0.457 e. The lowest BCUT2D eigenvalue weighted by Gasteiger charge is -2.18. The van der Waals surface area contributed by atoms with E-state index in [0.717, 1.165) is 4.90 Å². The molecule has 5 rings (SSSR count). The van der Waals surface area contributed by atoms with Crippen LogP contribution >= 0.6 is 23.2 Å². The van der Waals surface area contributed by atoms with Gasteiger partial charge < -0.3 is 15.4 Å².